The van der Waals surface area contributed by atoms with Crippen LogP contribution in [-0.4, -0.2) is 34.7 Å². The zero-order valence-electron chi connectivity index (χ0n) is 16.9. The predicted octanol–water partition coefficient (Wildman–Crippen LogP) is 2.88. The number of benzene rings is 2. The second-order valence-electron chi connectivity index (χ2n) is 6.80. The number of nitro benzene ring substituents is 1. The number of halogens is 3. The molecule has 0 saturated heterocycles. The Balaban J connectivity index is 1.92. The van der Waals surface area contributed by atoms with Crippen LogP contribution in [0.2, 0.25) is 0 Å². The van der Waals surface area contributed by atoms with E-state index in [9.17, 15) is 37.7 Å². The molecule has 0 saturated carbocycles. The van der Waals surface area contributed by atoms with Crippen molar-refractivity contribution in [3.8, 4) is 0 Å². The zero-order valence-corrected chi connectivity index (χ0v) is 16.9. The monoisotopic (exact) mass is 452 g/mol. The van der Waals surface area contributed by atoms with Gasteiger partial charge in [-0.3, -0.25) is 29.8 Å². The van der Waals surface area contributed by atoms with Gasteiger partial charge in [-0.2, -0.15) is 13.2 Å². The van der Waals surface area contributed by atoms with Gasteiger partial charge in [0, 0.05) is 23.4 Å². The number of nitro groups is 1. The number of imide groups is 1. The quantitative estimate of drug-likeness (QED) is 0.438. The fraction of sp³-hybridized carbons (Fsp3) is 0.250. The van der Waals surface area contributed by atoms with Crippen LogP contribution in [0.3, 0.4) is 0 Å². The van der Waals surface area contributed by atoms with Gasteiger partial charge in [0.25, 0.3) is 11.6 Å². The third kappa shape index (κ3) is 6.52. The highest BCUT2D eigenvalue weighted by atomic mass is 19.4. The first-order valence-electron chi connectivity index (χ1n) is 9.22. The smallest absolute Gasteiger partial charge is 0.374 e. The fourth-order valence-electron chi connectivity index (χ4n) is 2.52. The maximum Gasteiger partial charge on any atom is 0.416 e. The Kier molecular flexibility index (Phi) is 7.52. The number of non-ortho nitro benzene ring substituents is 1. The summed E-state index contributed by atoms with van der Waals surface area (Å²) in [4.78, 5) is 46.7. The topological polar surface area (TPSA) is 130 Å². The van der Waals surface area contributed by atoms with Gasteiger partial charge in [0.05, 0.1) is 10.5 Å². The van der Waals surface area contributed by atoms with E-state index in [1.165, 1.54) is 38.1 Å². The highest BCUT2D eigenvalue weighted by Crippen LogP contribution is 2.29. The van der Waals surface area contributed by atoms with E-state index < -0.39 is 46.5 Å². The second-order valence-corrected chi connectivity index (χ2v) is 6.80. The lowest BCUT2D eigenvalue weighted by molar-refractivity contribution is -0.384. The number of carbonyl (C=O) groups excluding carboxylic acids is 3. The third-order valence-electron chi connectivity index (χ3n) is 4.29. The largest absolute Gasteiger partial charge is 0.416 e. The Bertz CT molecular complexity index is 1020. The first kappa shape index (κ1) is 24.3. The SMILES string of the molecule is C[C@H](NC(=O)c1cccc(C(F)(F)F)c1)C(=O)NC(=O)[C@H](C)Nc1ccc([N+](=O)[O-])cc1. The van der Waals surface area contributed by atoms with E-state index >= 15 is 0 Å². The van der Waals surface area contributed by atoms with Crippen molar-refractivity contribution in [2.75, 3.05) is 5.32 Å². The Morgan fingerprint density at radius 1 is 0.969 bits per heavy atom. The van der Waals surface area contributed by atoms with Gasteiger partial charge in [-0.15, -0.1) is 0 Å². The van der Waals surface area contributed by atoms with Crippen LogP contribution >= 0.6 is 0 Å². The fourth-order valence-corrected chi connectivity index (χ4v) is 2.52. The molecule has 2 rings (SSSR count). The van der Waals surface area contributed by atoms with Crippen molar-refractivity contribution in [3.63, 3.8) is 0 Å². The molecule has 3 amide bonds. The van der Waals surface area contributed by atoms with Gasteiger partial charge in [-0.05, 0) is 44.2 Å². The summed E-state index contributed by atoms with van der Waals surface area (Å²) >= 11 is 0. The maximum atomic E-state index is 12.8. The molecule has 0 radical (unpaired) electrons. The summed E-state index contributed by atoms with van der Waals surface area (Å²) in [5, 5.41) is 17.7. The molecule has 0 unspecified atom stereocenters. The van der Waals surface area contributed by atoms with Crippen LogP contribution in [0.15, 0.2) is 48.5 Å². The molecule has 2 aromatic rings. The van der Waals surface area contributed by atoms with Gasteiger partial charge >= 0.3 is 6.18 Å². The highest BCUT2D eigenvalue weighted by Gasteiger charge is 2.31. The minimum absolute atomic E-state index is 0.131. The first-order valence-corrected chi connectivity index (χ1v) is 9.22. The second kappa shape index (κ2) is 9.90. The number of anilines is 1. The van der Waals surface area contributed by atoms with Crippen LogP contribution in [0, 0.1) is 10.1 Å². The molecule has 2 aromatic carbocycles. The Morgan fingerprint density at radius 3 is 2.12 bits per heavy atom. The Hall–Kier alpha value is -3.96. The summed E-state index contributed by atoms with van der Waals surface area (Å²) in [6.07, 6.45) is -4.63. The van der Waals surface area contributed by atoms with Crippen LogP contribution in [0.25, 0.3) is 0 Å². The van der Waals surface area contributed by atoms with Gasteiger partial charge in [-0.1, -0.05) is 6.07 Å². The molecule has 0 aliphatic heterocycles. The Labute approximate surface area is 180 Å². The van der Waals surface area contributed by atoms with Crippen LogP contribution in [0.1, 0.15) is 29.8 Å². The molecule has 32 heavy (non-hydrogen) atoms. The van der Waals surface area contributed by atoms with Crippen molar-refractivity contribution in [2.45, 2.75) is 32.1 Å². The van der Waals surface area contributed by atoms with Gasteiger partial charge in [-0.25, -0.2) is 0 Å². The lowest BCUT2D eigenvalue weighted by Gasteiger charge is -2.17. The van der Waals surface area contributed by atoms with E-state index in [4.69, 9.17) is 0 Å². The average Bonchev–Trinajstić information content (AvgIpc) is 2.73. The summed E-state index contributed by atoms with van der Waals surface area (Å²) in [7, 11) is 0. The first-order chi connectivity index (χ1) is 14.9. The zero-order chi connectivity index (χ0) is 24.1. The minimum Gasteiger partial charge on any atom is -0.374 e. The van der Waals surface area contributed by atoms with E-state index in [0.717, 1.165) is 18.2 Å². The molecule has 0 fully saturated rings. The van der Waals surface area contributed by atoms with Crippen molar-refractivity contribution in [2.24, 2.45) is 0 Å². The van der Waals surface area contributed by atoms with Crippen LogP contribution < -0.4 is 16.0 Å². The van der Waals surface area contributed by atoms with Crippen LogP contribution in [0.4, 0.5) is 24.5 Å². The average molecular weight is 452 g/mol. The van der Waals surface area contributed by atoms with E-state index in [2.05, 4.69) is 16.0 Å². The number of nitrogens with zero attached hydrogens (tertiary/aromatic N) is 1. The number of alkyl halides is 3. The molecular formula is C20H19F3N4O5. The maximum absolute atomic E-state index is 12.8. The van der Waals surface area contributed by atoms with Gasteiger partial charge < -0.3 is 10.6 Å². The Morgan fingerprint density at radius 2 is 1.56 bits per heavy atom. The molecule has 0 bridgehead atoms. The van der Waals surface area contributed by atoms with E-state index in [0.29, 0.717) is 11.8 Å². The number of amides is 3. The normalized spacial score (nSPS) is 12.9. The molecule has 0 heterocycles. The van der Waals surface area contributed by atoms with E-state index in [1.54, 1.807) is 0 Å². The molecular weight excluding hydrogens is 433 g/mol. The summed E-state index contributed by atoms with van der Waals surface area (Å²) in [5.41, 5.74) is -1.03. The van der Waals surface area contributed by atoms with Crippen molar-refractivity contribution >= 4 is 29.1 Å². The molecule has 170 valence electrons. The lowest BCUT2D eigenvalue weighted by atomic mass is 10.1. The molecule has 0 aliphatic rings. The van der Waals surface area contributed by atoms with Gasteiger partial charge in [0.2, 0.25) is 11.8 Å². The molecule has 3 N–H and O–H groups in total. The third-order valence-corrected chi connectivity index (χ3v) is 4.29. The van der Waals surface area contributed by atoms with Crippen molar-refractivity contribution in [3.05, 3.63) is 69.8 Å². The number of nitrogens with one attached hydrogen (secondary N) is 3. The minimum atomic E-state index is -4.63. The number of hydrogen-bond acceptors (Lipinski definition) is 6. The predicted molar refractivity (Wildman–Crippen MR) is 108 cm³/mol. The number of carbonyl (C=O) groups is 3. The summed E-state index contributed by atoms with van der Waals surface area (Å²) in [6, 6.07) is 6.83. The summed E-state index contributed by atoms with van der Waals surface area (Å²) in [5.74, 6) is -2.52. The molecule has 0 spiro atoms. The summed E-state index contributed by atoms with van der Waals surface area (Å²) in [6.45, 7) is 2.71. The van der Waals surface area contributed by atoms with Gasteiger partial charge in [0.15, 0.2) is 0 Å². The van der Waals surface area contributed by atoms with Gasteiger partial charge in [0.1, 0.15) is 12.1 Å². The standard InChI is InChI=1S/C20H19F3N4O5/c1-11(24-15-6-8-16(9-7-15)27(31)32)17(28)26-18(29)12(2)25-19(30)13-4-3-5-14(10-13)20(21,22)23/h3-12,24H,1-2H3,(H,25,30)(H,26,28,29)/t11-,12-/m0/s1. The molecule has 12 heteroatoms. The van der Waals surface area contributed by atoms with Crippen molar-refractivity contribution in [1.29, 1.82) is 0 Å². The van der Waals surface area contributed by atoms with E-state index in [1.807, 2.05) is 0 Å². The summed E-state index contributed by atoms with van der Waals surface area (Å²) < 4.78 is 38.4. The number of rotatable bonds is 7. The van der Waals surface area contributed by atoms with Crippen molar-refractivity contribution < 1.29 is 32.5 Å². The molecule has 9 nitrogen and oxygen atoms in total. The van der Waals surface area contributed by atoms with E-state index in [-0.39, 0.29) is 11.3 Å². The molecule has 0 aromatic heterocycles. The van der Waals surface area contributed by atoms with Crippen LogP contribution in [0.5, 0.6) is 0 Å². The molecule has 0 aliphatic carbocycles. The highest BCUT2D eigenvalue weighted by molar-refractivity contribution is 6.03. The number of hydrogen-bond donors (Lipinski definition) is 3. The molecule has 2 atom stereocenters. The van der Waals surface area contributed by atoms with Crippen LogP contribution in [-0.2, 0) is 15.8 Å². The lowest BCUT2D eigenvalue weighted by Crippen LogP contribution is -2.50. The van der Waals surface area contributed by atoms with Crippen molar-refractivity contribution in [1.82, 2.24) is 10.6 Å².